The van der Waals surface area contributed by atoms with Gasteiger partial charge in [0, 0.05) is 6.92 Å². The number of hydrogen-bond donors (Lipinski definition) is 0. The molecular formula is C5H4F8O. The second-order valence-corrected chi connectivity index (χ2v) is 2.36. The third-order valence-electron chi connectivity index (χ3n) is 1.15. The van der Waals surface area contributed by atoms with E-state index in [1.165, 1.54) is 0 Å². The molecule has 0 aromatic carbocycles. The first kappa shape index (κ1) is 13.4. The van der Waals surface area contributed by atoms with E-state index in [0.717, 1.165) is 0 Å². The van der Waals surface area contributed by atoms with E-state index in [1.54, 1.807) is 0 Å². The SMILES string of the molecule is CC(F)(F)C(F)(F)C(F)(F)OC(F)F. The van der Waals surface area contributed by atoms with Gasteiger partial charge in [0.25, 0.3) is 0 Å². The average Bonchev–Trinajstić information content (AvgIpc) is 1.80. The van der Waals surface area contributed by atoms with Crippen molar-refractivity contribution < 1.29 is 39.9 Å². The summed E-state index contributed by atoms with van der Waals surface area (Å²) < 4.78 is 96.5. The molecule has 0 atom stereocenters. The highest BCUT2D eigenvalue weighted by molar-refractivity contribution is 4.88. The molecule has 1 nitrogen and oxygen atoms in total. The van der Waals surface area contributed by atoms with Crippen LogP contribution in [0.5, 0.6) is 0 Å². The Morgan fingerprint density at radius 1 is 0.929 bits per heavy atom. The molecule has 0 unspecified atom stereocenters. The van der Waals surface area contributed by atoms with Crippen LogP contribution in [-0.2, 0) is 4.74 Å². The van der Waals surface area contributed by atoms with Gasteiger partial charge in [0.2, 0.25) is 0 Å². The summed E-state index contributed by atoms with van der Waals surface area (Å²) in [6.45, 7) is -4.81. The molecule has 14 heavy (non-hydrogen) atoms. The van der Waals surface area contributed by atoms with Crippen molar-refractivity contribution >= 4 is 0 Å². The Morgan fingerprint density at radius 3 is 1.50 bits per heavy atom. The molecule has 0 aliphatic carbocycles. The number of hydrogen-bond acceptors (Lipinski definition) is 1. The Kier molecular flexibility index (Phi) is 3.37. The van der Waals surface area contributed by atoms with Crippen LogP contribution in [0.4, 0.5) is 35.1 Å². The van der Waals surface area contributed by atoms with Crippen molar-refractivity contribution in [2.45, 2.75) is 31.5 Å². The quantitative estimate of drug-likeness (QED) is 0.676. The van der Waals surface area contributed by atoms with Gasteiger partial charge in [-0.2, -0.15) is 35.1 Å². The molecule has 0 aromatic heterocycles. The molecule has 0 fully saturated rings. The summed E-state index contributed by atoms with van der Waals surface area (Å²) in [4.78, 5) is 0. The Bertz CT molecular complexity index is 194. The van der Waals surface area contributed by atoms with Gasteiger partial charge in [0.15, 0.2) is 0 Å². The van der Waals surface area contributed by atoms with Crippen molar-refractivity contribution in [2.75, 3.05) is 0 Å². The first-order chi connectivity index (χ1) is 5.92. The number of halogens is 8. The summed E-state index contributed by atoms with van der Waals surface area (Å²) in [5.74, 6) is -11.2. The van der Waals surface area contributed by atoms with Gasteiger partial charge < -0.3 is 0 Å². The fourth-order valence-electron chi connectivity index (χ4n) is 0.441. The molecule has 0 radical (unpaired) electrons. The van der Waals surface area contributed by atoms with Gasteiger partial charge in [0.05, 0.1) is 0 Å². The standard InChI is InChI=1S/C5H4F8O/c1-3(8,9)4(10,11)5(12,13)14-2(6)7/h2H,1H3. The predicted octanol–water partition coefficient (Wildman–Crippen LogP) is 3.11. The minimum atomic E-state index is -6.00. The van der Waals surface area contributed by atoms with Crippen molar-refractivity contribution in [3.8, 4) is 0 Å². The molecule has 0 N–H and O–H groups in total. The van der Waals surface area contributed by atoms with Gasteiger partial charge in [-0.15, -0.1) is 0 Å². The molecule has 0 heterocycles. The highest BCUT2D eigenvalue weighted by atomic mass is 19.4. The van der Waals surface area contributed by atoms with Crippen LogP contribution in [0.3, 0.4) is 0 Å². The van der Waals surface area contributed by atoms with E-state index in [1.807, 2.05) is 0 Å². The Balaban J connectivity index is 4.88. The molecule has 0 aliphatic heterocycles. The number of alkyl halides is 8. The zero-order valence-electron chi connectivity index (χ0n) is 6.51. The van der Waals surface area contributed by atoms with Crippen molar-refractivity contribution in [1.29, 1.82) is 0 Å². The van der Waals surface area contributed by atoms with Crippen LogP contribution in [-0.4, -0.2) is 24.6 Å². The topological polar surface area (TPSA) is 9.23 Å². The lowest BCUT2D eigenvalue weighted by atomic mass is 10.2. The van der Waals surface area contributed by atoms with Gasteiger partial charge in [-0.25, -0.2) is 0 Å². The third-order valence-corrected chi connectivity index (χ3v) is 1.15. The minimum absolute atomic E-state index is 0.532. The van der Waals surface area contributed by atoms with Crippen LogP contribution in [0.15, 0.2) is 0 Å². The summed E-state index contributed by atoms with van der Waals surface area (Å²) in [6, 6.07) is 0. The van der Waals surface area contributed by atoms with Gasteiger partial charge in [-0.3, -0.25) is 4.74 Å². The van der Waals surface area contributed by atoms with Crippen molar-refractivity contribution in [1.82, 2.24) is 0 Å². The van der Waals surface area contributed by atoms with Crippen molar-refractivity contribution in [2.24, 2.45) is 0 Å². The van der Waals surface area contributed by atoms with Gasteiger partial charge in [-0.1, -0.05) is 0 Å². The highest BCUT2D eigenvalue weighted by Crippen LogP contribution is 2.46. The lowest BCUT2D eigenvalue weighted by molar-refractivity contribution is -0.427. The van der Waals surface area contributed by atoms with Gasteiger partial charge >= 0.3 is 24.6 Å². The van der Waals surface area contributed by atoms with Crippen LogP contribution in [0.25, 0.3) is 0 Å². The largest absolute Gasteiger partial charge is 0.430 e. The molecule has 0 spiro atoms. The average molecular weight is 232 g/mol. The molecule has 0 saturated heterocycles. The molecule has 86 valence electrons. The predicted molar refractivity (Wildman–Crippen MR) is 27.6 cm³/mol. The first-order valence-electron chi connectivity index (χ1n) is 3.01. The smallest absolute Gasteiger partial charge is 0.253 e. The fraction of sp³-hybridized carbons (Fsp3) is 1.00. The zero-order chi connectivity index (χ0) is 11.8. The first-order valence-corrected chi connectivity index (χ1v) is 3.01. The van der Waals surface area contributed by atoms with E-state index < -0.39 is 31.5 Å². The number of ether oxygens (including phenoxy) is 1. The molecule has 0 rings (SSSR count). The molecule has 0 aliphatic rings. The summed E-state index contributed by atoms with van der Waals surface area (Å²) in [5.41, 5.74) is 0. The monoisotopic (exact) mass is 232 g/mol. The second-order valence-electron chi connectivity index (χ2n) is 2.36. The van der Waals surface area contributed by atoms with Crippen molar-refractivity contribution in [3.05, 3.63) is 0 Å². The highest BCUT2D eigenvalue weighted by Gasteiger charge is 2.71. The number of rotatable bonds is 4. The van der Waals surface area contributed by atoms with E-state index in [2.05, 4.69) is 4.74 Å². The molecular weight excluding hydrogens is 228 g/mol. The summed E-state index contributed by atoms with van der Waals surface area (Å²) in [7, 11) is 0. The summed E-state index contributed by atoms with van der Waals surface area (Å²) in [6.07, 6.45) is -5.93. The van der Waals surface area contributed by atoms with Gasteiger partial charge in [-0.05, 0) is 0 Å². The normalized spacial score (nSPS) is 15.0. The second kappa shape index (κ2) is 3.52. The molecule has 0 bridgehead atoms. The Labute approximate surface area is 72.6 Å². The van der Waals surface area contributed by atoms with E-state index in [0.29, 0.717) is 0 Å². The van der Waals surface area contributed by atoms with Crippen LogP contribution >= 0.6 is 0 Å². The zero-order valence-corrected chi connectivity index (χ0v) is 6.51. The third kappa shape index (κ3) is 2.46. The lowest BCUT2D eigenvalue weighted by Gasteiger charge is -2.29. The molecule has 9 heteroatoms. The minimum Gasteiger partial charge on any atom is -0.253 e. The Hall–Kier alpha value is -0.600. The fourth-order valence-corrected chi connectivity index (χ4v) is 0.441. The van der Waals surface area contributed by atoms with Crippen LogP contribution in [0, 0.1) is 0 Å². The van der Waals surface area contributed by atoms with Crippen LogP contribution in [0.2, 0.25) is 0 Å². The van der Waals surface area contributed by atoms with E-state index in [4.69, 9.17) is 0 Å². The molecule has 0 aromatic rings. The van der Waals surface area contributed by atoms with Crippen LogP contribution in [0.1, 0.15) is 6.92 Å². The van der Waals surface area contributed by atoms with E-state index in [9.17, 15) is 35.1 Å². The summed E-state index contributed by atoms with van der Waals surface area (Å²) in [5, 5.41) is 0. The maximum atomic E-state index is 12.1. The molecule has 0 amide bonds. The molecule has 0 saturated carbocycles. The van der Waals surface area contributed by atoms with Crippen LogP contribution < -0.4 is 0 Å². The maximum absolute atomic E-state index is 12.1. The Morgan fingerprint density at radius 2 is 1.29 bits per heavy atom. The lowest BCUT2D eigenvalue weighted by Crippen LogP contribution is -2.54. The van der Waals surface area contributed by atoms with E-state index in [-0.39, 0.29) is 0 Å². The van der Waals surface area contributed by atoms with E-state index >= 15 is 0 Å². The van der Waals surface area contributed by atoms with Gasteiger partial charge in [0.1, 0.15) is 0 Å². The maximum Gasteiger partial charge on any atom is 0.430 e. The summed E-state index contributed by atoms with van der Waals surface area (Å²) >= 11 is 0. The van der Waals surface area contributed by atoms with Crippen molar-refractivity contribution in [3.63, 3.8) is 0 Å².